The molecule has 0 aromatic carbocycles. The summed E-state index contributed by atoms with van der Waals surface area (Å²) >= 11 is 0. The number of rotatable bonds is 6. The van der Waals surface area contributed by atoms with Crippen LogP contribution in [0.4, 0.5) is 0 Å². The molecule has 1 unspecified atom stereocenters. The largest absolute Gasteiger partial charge is 0.477 e. The maximum Gasteiger partial charge on any atom is 0.364 e. The van der Waals surface area contributed by atoms with Gasteiger partial charge in [-0.15, -0.1) is 0 Å². The summed E-state index contributed by atoms with van der Waals surface area (Å²) in [6, 6.07) is 0. The molecule has 0 radical (unpaired) electrons. The summed E-state index contributed by atoms with van der Waals surface area (Å²) in [6.45, 7) is 6.74. The molecule has 0 aliphatic heterocycles. The lowest BCUT2D eigenvalue weighted by molar-refractivity contribution is -0.198. The highest BCUT2D eigenvalue weighted by molar-refractivity contribution is 5.90. The molecule has 5 nitrogen and oxygen atoms in total. The van der Waals surface area contributed by atoms with Gasteiger partial charge in [0.05, 0.1) is 0 Å². The highest BCUT2D eigenvalue weighted by Crippen LogP contribution is 2.22. The maximum absolute atomic E-state index is 11.4. The number of esters is 1. The summed E-state index contributed by atoms with van der Waals surface area (Å²) in [5.74, 6) is -1.86. The molecule has 92 valence electrons. The lowest BCUT2D eigenvalue weighted by Gasteiger charge is -2.34. The van der Waals surface area contributed by atoms with Gasteiger partial charge < -0.3 is 9.84 Å². The number of nitrogens with zero attached hydrogens (tertiary/aromatic N) is 1. The zero-order valence-electron chi connectivity index (χ0n) is 10.2. The Morgan fingerprint density at radius 1 is 1.44 bits per heavy atom. The number of aliphatic carboxylic acids is 1. The highest BCUT2D eigenvalue weighted by atomic mass is 16.6. The second-order valence-electron chi connectivity index (χ2n) is 3.90. The van der Waals surface area contributed by atoms with Gasteiger partial charge in [-0.25, -0.2) is 9.59 Å². The van der Waals surface area contributed by atoms with Gasteiger partial charge in [-0.3, -0.25) is 4.90 Å². The van der Waals surface area contributed by atoms with Crippen LogP contribution < -0.4 is 0 Å². The zero-order chi connectivity index (χ0) is 12.9. The van der Waals surface area contributed by atoms with E-state index in [-0.39, 0.29) is 12.0 Å². The first-order valence-corrected chi connectivity index (χ1v) is 5.07. The van der Waals surface area contributed by atoms with Crippen LogP contribution in [0.5, 0.6) is 0 Å². The fraction of sp³-hybridized carbons (Fsp3) is 0.636. The Hall–Kier alpha value is -1.36. The number of hydrogen-bond acceptors (Lipinski definition) is 4. The van der Waals surface area contributed by atoms with Crippen LogP contribution in [0.15, 0.2) is 12.2 Å². The molecule has 1 N–H and O–H groups in total. The van der Waals surface area contributed by atoms with Crippen LogP contribution in [0.2, 0.25) is 0 Å². The third-order valence-electron chi connectivity index (χ3n) is 2.26. The first kappa shape index (κ1) is 14.6. The Morgan fingerprint density at radius 2 is 1.94 bits per heavy atom. The molecule has 0 aliphatic carbocycles. The van der Waals surface area contributed by atoms with Gasteiger partial charge in [-0.1, -0.05) is 19.9 Å². The summed E-state index contributed by atoms with van der Waals surface area (Å²) < 4.78 is 5.05. The fourth-order valence-electron chi connectivity index (χ4n) is 1.29. The van der Waals surface area contributed by atoms with Crippen molar-refractivity contribution in [2.45, 2.75) is 32.4 Å². The molecule has 0 saturated heterocycles. The molecular weight excluding hydrogens is 210 g/mol. The predicted molar refractivity (Wildman–Crippen MR) is 59.9 cm³/mol. The Morgan fingerprint density at radius 3 is 2.19 bits per heavy atom. The van der Waals surface area contributed by atoms with Gasteiger partial charge in [0.2, 0.25) is 0 Å². The topological polar surface area (TPSA) is 66.8 Å². The third-order valence-corrected chi connectivity index (χ3v) is 2.26. The minimum atomic E-state index is -1.61. The van der Waals surface area contributed by atoms with E-state index < -0.39 is 17.7 Å². The Kier molecular flexibility index (Phi) is 5.17. The second-order valence-corrected chi connectivity index (χ2v) is 3.90. The van der Waals surface area contributed by atoms with Crippen molar-refractivity contribution in [2.24, 2.45) is 0 Å². The summed E-state index contributed by atoms with van der Waals surface area (Å²) in [5, 5.41) is 9.21. The summed E-state index contributed by atoms with van der Waals surface area (Å²) in [5.41, 5.74) is -1.42. The average Bonchev–Trinajstić information content (AvgIpc) is 2.15. The lowest BCUT2D eigenvalue weighted by Crippen LogP contribution is -2.54. The number of carbonyl (C=O) groups is 2. The normalized spacial score (nSPS) is 14.3. The first-order valence-electron chi connectivity index (χ1n) is 5.07. The quantitative estimate of drug-likeness (QED) is 0.422. The van der Waals surface area contributed by atoms with E-state index >= 15 is 0 Å². The van der Waals surface area contributed by atoms with E-state index in [2.05, 4.69) is 6.58 Å². The van der Waals surface area contributed by atoms with Crippen molar-refractivity contribution < 1.29 is 19.4 Å². The zero-order valence-corrected chi connectivity index (χ0v) is 10.2. The molecule has 0 aromatic heterocycles. The van der Waals surface area contributed by atoms with Crippen molar-refractivity contribution in [3.05, 3.63) is 12.2 Å². The van der Waals surface area contributed by atoms with Gasteiger partial charge >= 0.3 is 11.9 Å². The monoisotopic (exact) mass is 229 g/mol. The molecular formula is C11H19NO4. The molecule has 0 saturated carbocycles. The number of likely N-dealkylation sites (N-methyl/N-ethyl adjacent to an activating group) is 1. The van der Waals surface area contributed by atoms with Gasteiger partial charge in [0.1, 0.15) is 0 Å². The molecule has 0 bridgehead atoms. The molecule has 0 fully saturated rings. The van der Waals surface area contributed by atoms with E-state index in [0.717, 1.165) is 0 Å². The predicted octanol–water partition coefficient (Wildman–Crippen LogP) is 1.25. The van der Waals surface area contributed by atoms with Crippen molar-refractivity contribution in [1.82, 2.24) is 4.90 Å². The van der Waals surface area contributed by atoms with Crippen LogP contribution in [-0.4, -0.2) is 41.8 Å². The summed E-state index contributed by atoms with van der Waals surface area (Å²) in [7, 11) is 3.13. The van der Waals surface area contributed by atoms with E-state index in [1.165, 1.54) is 11.8 Å². The number of carbonyl (C=O) groups excluding carboxylic acids is 1. The van der Waals surface area contributed by atoms with Crippen molar-refractivity contribution >= 4 is 11.9 Å². The molecule has 0 heterocycles. The Balaban J connectivity index is 5.11. The van der Waals surface area contributed by atoms with Crippen LogP contribution in [0.1, 0.15) is 26.7 Å². The van der Waals surface area contributed by atoms with Crippen molar-refractivity contribution in [3.63, 3.8) is 0 Å². The SMILES string of the molecule is C=C(C)C(=O)OC(CCC)(C(=O)O)N(C)C. The fourth-order valence-corrected chi connectivity index (χ4v) is 1.29. The molecule has 0 rings (SSSR count). The average molecular weight is 229 g/mol. The van der Waals surface area contributed by atoms with Gasteiger partial charge in [0.15, 0.2) is 0 Å². The number of carboxylic acid groups (broad SMARTS) is 1. The third kappa shape index (κ3) is 3.06. The van der Waals surface area contributed by atoms with Crippen LogP contribution >= 0.6 is 0 Å². The van der Waals surface area contributed by atoms with Crippen molar-refractivity contribution in [3.8, 4) is 0 Å². The standard InChI is InChI=1S/C11H19NO4/c1-6-7-11(10(14)15,12(4)5)16-9(13)8(2)3/h2,6-7H2,1,3-5H3,(H,14,15). The van der Waals surface area contributed by atoms with E-state index in [0.29, 0.717) is 6.42 Å². The van der Waals surface area contributed by atoms with Crippen LogP contribution in [0, 0.1) is 0 Å². The van der Waals surface area contributed by atoms with Gasteiger partial charge in [0.25, 0.3) is 5.72 Å². The van der Waals surface area contributed by atoms with Gasteiger partial charge in [0, 0.05) is 12.0 Å². The summed E-state index contributed by atoms with van der Waals surface area (Å²) in [4.78, 5) is 24.1. The van der Waals surface area contributed by atoms with E-state index in [1.54, 1.807) is 14.1 Å². The van der Waals surface area contributed by atoms with Gasteiger partial charge in [-0.2, -0.15) is 0 Å². The number of hydrogen-bond donors (Lipinski definition) is 1. The highest BCUT2D eigenvalue weighted by Gasteiger charge is 2.44. The maximum atomic E-state index is 11.4. The Bertz CT molecular complexity index is 298. The number of ether oxygens (including phenoxy) is 1. The molecule has 0 spiro atoms. The Labute approximate surface area is 95.7 Å². The van der Waals surface area contributed by atoms with Crippen molar-refractivity contribution in [2.75, 3.05) is 14.1 Å². The molecule has 5 heteroatoms. The lowest BCUT2D eigenvalue weighted by atomic mass is 10.1. The van der Waals surface area contributed by atoms with Crippen LogP contribution in [0.25, 0.3) is 0 Å². The van der Waals surface area contributed by atoms with Crippen molar-refractivity contribution in [1.29, 1.82) is 0 Å². The molecule has 0 aliphatic rings. The molecule has 0 aromatic rings. The van der Waals surface area contributed by atoms with E-state index in [1.807, 2.05) is 6.92 Å². The minimum absolute atomic E-state index is 0.184. The van der Waals surface area contributed by atoms with E-state index in [4.69, 9.17) is 4.74 Å². The second kappa shape index (κ2) is 5.65. The minimum Gasteiger partial charge on any atom is -0.477 e. The molecule has 0 amide bonds. The summed E-state index contributed by atoms with van der Waals surface area (Å²) in [6.07, 6.45) is 0.822. The van der Waals surface area contributed by atoms with Crippen LogP contribution in [0.3, 0.4) is 0 Å². The van der Waals surface area contributed by atoms with Crippen LogP contribution in [-0.2, 0) is 14.3 Å². The number of carboxylic acids is 1. The smallest absolute Gasteiger partial charge is 0.364 e. The molecule has 16 heavy (non-hydrogen) atoms. The molecule has 1 atom stereocenters. The van der Waals surface area contributed by atoms with E-state index in [9.17, 15) is 14.7 Å². The van der Waals surface area contributed by atoms with Gasteiger partial charge in [-0.05, 0) is 21.0 Å². The first-order chi connectivity index (χ1) is 7.27.